The SMILES string of the molecule is CCOC(=O)C1=C(Cn2cnc3ccsc3c2=O)NC(=O)N[C@@H]1c1ccc(OC)cc1. The van der Waals surface area contributed by atoms with Gasteiger partial charge in [-0.2, -0.15) is 0 Å². The van der Waals surface area contributed by atoms with Crippen molar-refractivity contribution < 1.29 is 19.1 Å². The van der Waals surface area contributed by atoms with Gasteiger partial charge in [-0.15, -0.1) is 11.3 Å². The van der Waals surface area contributed by atoms with Crippen LogP contribution in [0.25, 0.3) is 10.2 Å². The van der Waals surface area contributed by atoms with E-state index in [-0.39, 0.29) is 30.0 Å². The second-order valence-corrected chi connectivity index (χ2v) is 7.65. The molecule has 0 saturated carbocycles. The zero-order chi connectivity index (χ0) is 22.0. The number of carbonyl (C=O) groups is 2. The molecule has 0 fully saturated rings. The molecule has 2 N–H and O–H groups in total. The van der Waals surface area contributed by atoms with Gasteiger partial charge in [-0.1, -0.05) is 12.1 Å². The lowest BCUT2D eigenvalue weighted by atomic mass is 9.95. The van der Waals surface area contributed by atoms with Gasteiger partial charge in [-0.3, -0.25) is 9.36 Å². The molecule has 2 amide bonds. The van der Waals surface area contributed by atoms with Gasteiger partial charge in [-0.25, -0.2) is 14.6 Å². The topological polar surface area (TPSA) is 112 Å². The van der Waals surface area contributed by atoms with Gasteiger partial charge in [0.25, 0.3) is 5.56 Å². The molecule has 0 bridgehead atoms. The molecule has 1 atom stereocenters. The molecule has 0 radical (unpaired) electrons. The molecule has 1 aliphatic heterocycles. The first-order valence-electron chi connectivity index (χ1n) is 9.56. The second-order valence-electron chi connectivity index (χ2n) is 6.73. The van der Waals surface area contributed by atoms with Gasteiger partial charge in [0, 0.05) is 0 Å². The van der Waals surface area contributed by atoms with Crippen molar-refractivity contribution in [3.63, 3.8) is 0 Å². The minimum atomic E-state index is -0.747. The first kappa shape index (κ1) is 20.6. The predicted molar refractivity (Wildman–Crippen MR) is 115 cm³/mol. The maximum absolute atomic E-state index is 12.9. The fourth-order valence-electron chi connectivity index (χ4n) is 3.40. The highest BCUT2D eigenvalue weighted by atomic mass is 32.1. The third-order valence-electron chi connectivity index (χ3n) is 4.86. The van der Waals surface area contributed by atoms with Crippen LogP contribution in [-0.2, 0) is 16.1 Å². The van der Waals surface area contributed by atoms with Crippen LogP contribution in [-0.4, -0.2) is 35.3 Å². The van der Waals surface area contributed by atoms with E-state index in [2.05, 4.69) is 15.6 Å². The van der Waals surface area contributed by atoms with Gasteiger partial charge in [0.2, 0.25) is 0 Å². The number of nitrogens with zero attached hydrogens (tertiary/aromatic N) is 2. The number of benzene rings is 1. The number of thiophene rings is 1. The Morgan fingerprint density at radius 3 is 2.71 bits per heavy atom. The molecule has 0 saturated heterocycles. The van der Waals surface area contributed by atoms with E-state index in [1.54, 1.807) is 49.7 Å². The molecule has 9 nitrogen and oxygen atoms in total. The van der Waals surface area contributed by atoms with Gasteiger partial charge in [-0.05, 0) is 36.1 Å². The minimum absolute atomic E-state index is 0.0338. The normalized spacial score (nSPS) is 16.1. The van der Waals surface area contributed by atoms with Crippen LogP contribution in [0.4, 0.5) is 4.79 Å². The Balaban J connectivity index is 1.80. The molecule has 3 heterocycles. The molecule has 3 aromatic rings. The second kappa shape index (κ2) is 8.60. The molecule has 1 aromatic carbocycles. The summed E-state index contributed by atoms with van der Waals surface area (Å²) in [7, 11) is 1.56. The number of esters is 1. The number of hydrogen-bond acceptors (Lipinski definition) is 7. The van der Waals surface area contributed by atoms with Crippen LogP contribution in [0.15, 0.2) is 58.1 Å². The van der Waals surface area contributed by atoms with E-state index >= 15 is 0 Å². The van der Waals surface area contributed by atoms with E-state index in [9.17, 15) is 14.4 Å². The monoisotopic (exact) mass is 440 g/mol. The van der Waals surface area contributed by atoms with E-state index < -0.39 is 18.0 Å². The summed E-state index contributed by atoms with van der Waals surface area (Å²) in [5.74, 6) is 0.0665. The zero-order valence-corrected chi connectivity index (χ0v) is 17.7. The number of urea groups is 1. The number of amides is 2. The Morgan fingerprint density at radius 1 is 1.23 bits per heavy atom. The third kappa shape index (κ3) is 4.02. The molecule has 31 heavy (non-hydrogen) atoms. The Kier molecular flexibility index (Phi) is 5.72. The number of ether oxygens (including phenoxy) is 2. The lowest BCUT2D eigenvalue weighted by Gasteiger charge is -2.29. The van der Waals surface area contributed by atoms with Crippen molar-refractivity contribution in [2.75, 3.05) is 13.7 Å². The van der Waals surface area contributed by atoms with Crippen LogP contribution in [0.1, 0.15) is 18.5 Å². The summed E-state index contributed by atoms with van der Waals surface area (Å²) in [5, 5.41) is 7.22. The van der Waals surface area contributed by atoms with Crippen molar-refractivity contribution in [2.24, 2.45) is 0 Å². The largest absolute Gasteiger partial charge is 0.497 e. The summed E-state index contributed by atoms with van der Waals surface area (Å²) in [6, 6.07) is 7.54. The van der Waals surface area contributed by atoms with E-state index in [1.165, 1.54) is 22.2 Å². The van der Waals surface area contributed by atoms with Crippen LogP contribution in [0.3, 0.4) is 0 Å². The fourth-order valence-corrected chi connectivity index (χ4v) is 4.19. The molecule has 1 aliphatic rings. The first-order valence-corrected chi connectivity index (χ1v) is 10.4. The highest BCUT2D eigenvalue weighted by Gasteiger charge is 2.34. The maximum Gasteiger partial charge on any atom is 0.338 e. The lowest BCUT2D eigenvalue weighted by Crippen LogP contribution is -2.47. The van der Waals surface area contributed by atoms with E-state index in [0.29, 0.717) is 21.5 Å². The predicted octanol–water partition coefficient (Wildman–Crippen LogP) is 2.34. The summed E-state index contributed by atoms with van der Waals surface area (Å²) in [6.45, 7) is 1.84. The Bertz CT molecular complexity index is 1230. The smallest absolute Gasteiger partial charge is 0.338 e. The first-order chi connectivity index (χ1) is 15.0. The highest BCUT2D eigenvalue weighted by molar-refractivity contribution is 7.17. The quantitative estimate of drug-likeness (QED) is 0.569. The lowest BCUT2D eigenvalue weighted by molar-refractivity contribution is -0.139. The van der Waals surface area contributed by atoms with E-state index in [1.807, 2.05) is 0 Å². The van der Waals surface area contributed by atoms with Crippen LogP contribution in [0, 0.1) is 0 Å². The van der Waals surface area contributed by atoms with Crippen molar-refractivity contribution >= 4 is 33.6 Å². The van der Waals surface area contributed by atoms with E-state index in [0.717, 1.165) is 0 Å². The number of carbonyl (C=O) groups excluding carboxylic acids is 2. The zero-order valence-electron chi connectivity index (χ0n) is 16.9. The number of hydrogen-bond donors (Lipinski definition) is 2. The molecule has 160 valence electrons. The molecule has 0 spiro atoms. The standard InChI is InChI=1S/C21H20N4O5S/c1-3-30-20(27)16-15(10-25-11-22-14-8-9-31-18(14)19(25)26)23-21(28)24-17(16)12-4-6-13(29-2)7-5-12/h4-9,11,17H,3,10H2,1-2H3,(H2,23,24,28)/t17-/m1/s1. The molecule has 4 rings (SSSR count). The summed E-state index contributed by atoms with van der Waals surface area (Å²) in [4.78, 5) is 42.4. The van der Waals surface area contributed by atoms with Gasteiger partial charge in [0.1, 0.15) is 10.4 Å². The Labute approximate surface area is 181 Å². The van der Waals surface area contributed by atoms with Crippen molar-refractivity contribution in [3.05, 3.63) is 69.2 Å². The number of nitrogens with one attached hydrogen (secondary N) is 2. The molecule has 10 heteroatoms. The van der Waals surface area contributed by atoms with Gasteiger partial charge in [0.15, 0.2) is 0 Å². The summed E-state index contributed by atoms with van der Waals surface area (Å²) in [5.41, 5.74) is 1.55. The summed E-state index contributed by atoms with van der Waals surface area (Å²) < 4.78 is 12.3. The molecule has 0 unspecified atom stereocenters. The molecule has 2 aromatic heterocycles. The number of methoxy groups -OCH3 is 1. The fraction of sp³-hybridized carbons (Fsp3) is 0.238. The number of fused-ring (bicyclic) bond motifs is 1. The number of allylic oxidation sites excluding steroid dienone is 1. The van der Waals surface area contributed by atoms with Crippen LogP contribution in [0.5, 0.6) is 5.75 Å². The van der Waals surface area contributed by atoms with Crippen molar-refractivity contribution in [1.29, 1.82) is 0 Å². The summed E-state index contributed by atoms with van der Waals surface area (Å²) in [6.07, 6.45) is 1.41. The minimum Gasteiger partial charge on any atom is -0.497 e. The highest BCUT2D eigenvalue weighted by Crippen LogP contribution is 2.29. The van der Waals surface area contributed by atoms with Gasteiger partial charge < -0.3 is 20.1 Å². The Hall–Kier alpha value is -3.66. The van der Waals surface area contributed by atoms with Crippen LogP contribution < -0.4 is 20.9 Å². The van der Waals surface area contributed by atoms with Gasteiger partial charge in [0.05, 0.1) is 49.4 Å². The number of rotatable bonds is 6. The van der Waals surface area contributed by atoms with Gasteiger partial charge >= 0.3 is 12.0 Å². The average Bonchev–Trinajstić information content (AvgIpc) is 3.25. The Morgan fingerprint density at radius 2 is 2.00 bits per heavy atom. The van der Waals surface area contributed by atoms with E-state index in [4.69, 9.17) is 9.47 Å². The molecule has 0 aliphatic carbocycles. The summed E-state index contributed by atoms with van der Waals surface area (Å²) >= 11 is 1.29. The van der Waals surface area contributed by atoms with Crippen molar-refractivity contribution in [2.45, 2.75) is 19.5 Å². The van der Waals surface area contributed by atoms with Crippen molar-refractivity contribution in [1.82, 2.24) is 20.2 Å². The molecular weight excluding hydrogens is 420 g/mol. The maximum atomic E-state index is 12.9. The average molecular weight is 440 g/mol. The molecular formula is C21H20N4O5S. The van der Waals surface area contributed by atoms with Crippen LogP contribution in [0.2, 0.25) is 0 Å². The van der Waals surface area contributed by atoms with Crippen LogP contribution >= 0.6 is 11.3 Å². The number of aromatic nitrogens is 2. The third-order valence-corrected chi connectivity index (χ3v) is 5.75. The van der Waals surface area contributed by atoms with Crippen molar-refractivity contribution in [3.8, 4) is 5.75 Å².